The molecular formula is C14H17N3O2S. The van der Waals surface area contributed by atoms with Crippen LogP contribution in [0.3, 0.4) is 0 Å². The van der Waals surface area contributed by atoms with Crippen LogP contribution >= 0.6 is 11.8 Å². The minimum absolute atomic E-state index is 0.0188. The van der Waals surface area contributed by atoms with Gasteiger partial charge in [0.05, 0.1) is 5.25 Å². The second kappa shape index (κ2) is 6.09. The maximum Gasteiger partial charge on any atom is 0.277 e. The summed E-state index contributed by atoms with van der Waals surface area (Å²) < 4.78 is 5.60. The summed E-state index contributed by atoms with van der Waals surface area (Å²) in [5, 5.41) is 8.15. The number of aromatic nitrogens is 2. The lowest BCUT2D eigenvalue weighted by atomic mass is 10.1. The Morgan fingerprint density at radius 3 is 2.75 bits per heavy atom. The van der Waals surface area contributed by atoms with E-state index in [2.05, 4.69) is 10.2 Å². The second-order valence-corrected chi connectivity index (χ2v) is 6.03. The summed E-state index contributed by atoms with van der Waals surface area (Å²) in [5.41, 5.74) is 2.02. The summed E-state index contributed by atoms with van der Waals surface area (Å²) in [6.45, 7) is 3.83. The van der Waals surface area contributed by atoms with Gasteiger partial charge in [-0.1, -0.05) is 29.5 Å². The molecule has 0 N–H and O–H groups in total. The monoisotopic (exact) mass is 291 g/mol. The lowest BCUT2D eigenvalue weighted by Crippen LogP contribution is -2.29. The Morgan fingerprint density at radius 2 is 2.10 bits per heavy atom. The van der Waals surface area contributed by atoms with Gasteiger partial charge in [0.2, 0.25) is 11.8 Å². The first-order valence-corrected chi connectivity index (χ1v) is 7.13. The van der Waals surface area contributed by atoms with Crippen molar-refractivity contribution in [2.24, 2.45) is 0 Å². The summed E-state index contributed by atoms with van der Waals surface area (Å²) in [7, 11) is 3.46. The van der Waals surface area contributed by atoms with Crippen molar-refractivity contribution in [3.63, 3.8) is 0 Å². The van der Waals surface area contributed by atoms with Crippen LogP contribution in [0, 0.1) is 6.92 Å². The van der Waals surface area contributed by atoms with Crippen molar-refractivity contribution in [2.75, 3.05) is 14.1 Å². The van der Waals surface area contributed by atoms with Gasteiger partial charge in [-0.2, -0.15) is 0 Å². The van der Waals surface area contributed by atoms with Crippen molar-refractivity contribution in [1.82, 2.24) is 15.1 Å². The van der Waals surface area contributed by atoms with Crippen molar-refractivity contribution in [3.05, 3.63) is 29.8 Å². The summed E-state index contributed by atoms with van der Waals surface area (Å²) in [5.74, 6) is 0.492. The number of aryl methyl sites for hydroxylation is 1. The molecule has 0 aliphatic rings. The molecule has 5 nitrogen and oxygen atoms in total. The number of carbonyl (C=O) groups is 1. The SMILES string of the molecule is Cc1cccc(-c2nnc(S[C@@H](C)C(=O)N(C)C)o2)c1. The normalized spacial score (nSPS) is 12.2. The number of benzene rings is 1. The minimum Gasteiger partial charge on any atom is -0.411 e. The fourth-order valence-electron chi connectivity index (χ4n) is 1.72. The zero-order valence-corrected chi connectivity index (χ0v) is 12.8. The molecule has 0 bridgehead atoms. The van der Waals surface area contributed by atoms with Crippen molar-refractivity contribution in [2.45, 2.75) is 24.3 Å². The number of rotatable bonds is 4. The van der Waals surface area contributed by atoms with Crippen molar-refractivity contribution >= 4 is 17.7 Å². The molecule has 0 saturated carbocycles. The second-order valence-electron chi connectivity index (χ2n) is 4.74. The molecule has 1 amide bonds. The third-order valence-electron chi connectivity index (χ3n) is 2.74. The number of carbonyl (C=O) groups excluding carboxylic acids is 1. The van der Waals surface area contributed by atoms with Crippen LogP contribution < -0.4 is 0 Å². The Labute approximate surface area is 122 Å². The molecular weight excluding hydrogens is 274 g/mol. The molecule has 0 aliphatic heterocycles. The first kappa shape index (κ1) is 14.6. The zero-order chi connectivity index (χ0) is 14.7. The van der Waals surface area contributed by atoms with Crippen LogP contribution in [0.5, 0.6) is 0 Å². The van der Waals surface area contributed by atoms with E-state index in [1.165, 1.54) is 11.8 Å². The zero-order valence-electron chi connectivity index (χ0n) is 12.0. The smallest absolute Gasteiger partial charge is 0.277 e. The average molecular weight is 291 g/mol. The van der Waals surface area contributed by atoms with Gasteiger partial charge in [-0.05, 0) is 26.0 Å². The quantitative estimate of drug-likeness (QED) is 0.810. The number of hydrogen-bond donors (Lipinski definition) is 0. The Morgan fingerprint density at radius 1 is 1.35 bits per heavy atom. The summed E-state index contributed by atoms with van der Waals surface area (Å²) in [6, 6.07) is 7.85. The molecule has 0 unspecified atom stereocenters. The standard InChI is InChI=1S/C14H17N3O2S/c1-9-6-5-7-11(8-9)12-15-16-14(19-12)20-10(2)13(18)17(3)4/h5-8,10H,1-4H3/t10-/m0/s1. The van der Waals surface area contributed by atoms with Gasteiger partial charge in [-0.15, -0.1) is 10.2 Å². The number of nitrogens with zero attached hydrogens (tertiary/aromatic N) is 3. The van der Waals surface area contributed by atoms with Crippen molar-refractivity contribution in [3.8, 4) is 11.5 Å². The van der Waals surface area contributed by atoms with E-state index in [-0.39, 0.29) is 11.2 Å². The van der Waals surface area contributed by atoms with Crippen LogP contribution in [0.15, 0.2) is 33.9 Å². The van der Waals surface area contributed by atoms with E-state index < -0.39 is 0 Å². The molecule has 106 valence electrons. The molecule has 0 aliphatic carbocycles. The first-order valence-electron chi connectivity index (χ1n) is 6.25. The highest BCUT2D eigenvalue weighted by Gasteiger charge is 2.19. The van der Waals surface area contributed by atoms with E-state index in [1.807, 2.05) is 38.1 Å². The highest BCUT2D eigenvalue weighted by Crippen LogP contribution is 2.26. The van der Waals surface area contributed by atoms with Crippen LogP contribution in [0.2, 0.25) is 0 Å². The molecule has 6 heteroatoms. The van der Waals surface area contributed by atoms with Crippen LogP contribution in [-0.4, -0.2) is 40.3 Å². The third-order valence-corrected chi connectivity index (χ3v) is 3.66. The van der Waals surface area contributed by atoms with E-state index in [9.17, 15) is 4.79 Å². The summed E-state index contributed by atoms with van der Waals surface area (Å²) in [6.07, 6.45) is 0. The lowest BCUT2D eigenvalue weighted by molar-refractivity contribution is -0.127. The Hall–Kier alpha value is -1.82. The highest BCUT2D eigenvalue weighted by molar-refractivity contribution is 8.00. The summed E-state index contributed by atoms with van der Waals surface area (Å²) >= 11 is 1.27. The van der Waals surface area contributed by atoms with Gasteiger partial charge >= 0.3 is 0 Å². The largest absolute Gasteiger partial charge is 0.411 e. The molecule has 20 heavy (non-hydrogen) atoms. The Balaban J connectivity index is 2.12. The van der Waals surface area contributed by atoms with Gasteiger partial charge in [0.1, 0.15) is 0 Å². The molecule has 1 atom stereocenters. The maximum absolute atomic E-state index is 11.8. The van der Waals surface area contributed by atoms with Crippen LogP contribution in [0.1, 0.15) is 12.5 Å². The van der Waals surface area contributed by atoms with Crippen LogP contribution in [0.25, 0.3) is 11.5 Å². The lowest BCUT2D eigenvalue weighted by Gasteiger charge is -2.14. The number of thioether (sulfide) groups is 1. The van der Waals surface area contributed by atoms with E-state index in [0.717, 1.165) is 11.1 Å². The molecule has 0 spiro atoms. The molecule has 0 fully saturated rings. The first-order chi connectivity index (χ1) is 9.47. The van der Waals surface area contributed by atoms with Gasteiger partial charge in [0, 0.05) is 19.7 Å². The molecule has 2 rings (SSSR count). The van der Waals surface area contributed by atoms with E-state index in [0.29, 0.717) is 11.1 Å². The molecule has 1 aromatic heterocycles. The number of hydrogen-bond acceptors (Lipinski definition) is 5. The van der Waals surface area contributed by atoms with E-state index in [1.54, 1.807) is 19.0 Å². The minimum atomic E-state index is -0.254. The van der Waals surface area contributed by atoms with Crippen LogP contribution in [-0.2, 0) is 4.79 Å². The van der Waals surface area contributed by atoms with Gasteiger partial charge in [0.15, 0.2) is 0 Å². The fourth-order valence-corrected chi connectivity index (χ4v) is 2.55. The molecule has 2 aromatic rings. The summed E-state index contributed by atoms with van der Waals surface area (Å²) in [4.78, 5) is 13.3. The third kappa shape index (κ3) is 3.39. The van der Waals surface area contributed by atoms with E-state index >= 15 is 0 Å². The Bertz CT molecular complexity index is 610. The molecule has 0 radical (unpaired) electrons. The Kier molecular flexibility index (Phi) is 4.44. The topological polar surface area (TPSA) is 59.2 Å². The van der Waals surface area contributed by atoms with E-state index in [4.69, 9.17) is 4.42 Å². The van der Waals surface area contributed by atoms with Crippen molar-refractivity contribution in [1.29, 1.82) is 0 Å². The number of amides is 1. The fraction of sp³-hybridized carbons (Fsp3) is 0.357. The van der Waals surface area contributed by atoms with Gasteiger partial charge in [-0.25, -0.2) is 0 Å². The van der Waals surface area contributed by atoms with Gasteiger partial charge in [0.25, 0.3) is 5.22 Å². The van der Waals surface area contributed by atoms with Crippen molar-refractivity contribution < 1.29 is 9.21 Å². The van der Waals surface area contributed by atoms with Crippen LogP contribution in [0.4, 0.5) is 0 Å². The maximum atomic E-state index is 11.8. The molecule has 1 heterocycles. The highest BCUT2D eigenvalue weighted by atomic mass is 32.2. The predicted octanol–water partition coefficient (Wildman–Crippen LogP) is 2.61. The predicted molar refractivity (Wildman–Crippen MR) is 78.5 cm³/mol. The van der Waals surface area contributed by atoms with Gasteiger partial charge in [-0.3, -0.25) is 4.79 Å². The van der Waals surface area contributed by atoms with Gasteiger partial charge < -0.3 is 9.32 Å². The average Bonchev–Trinajstić information content (AvgIpc) is 2.86. The molecule has 1 aromatic carbocycles. The molecule has 0 saturated heterocycles.